The second kappa shape index (κ2) is 11.8. The fraction of sp³-hybridized carbons (Fsp3) is 0.656. The summed E-state index contributed by atoms with van der Waals surface area (Å²) in [6.45, 7) is 6.75. The molecule has 228 valence electrons. The molecule has 0 radical (unpaired) electrons. The van der Waals surface area contributed by atoms with Crippen LogP contribution >= 0.6 is 0 Å². The Kier molecular flexibility index (Phi) is 8.45. The van der Waals surface area contributed by atoms with Crippen LogP contribution in [-0.2, 0) is 25.5 Å². The second-order valence-corrected chi connectivity index (χ2v) is 13.3. The van der Waals surface area contributed by atoms with Gasteiger partial charge >= 0.3 is 5.97 Å². The van der Waals surface area contributed by atoms with Crippen LogP contribution in [0.3, 0.4) is 0 Å². The van der Waals surface area contributed by atoms with Gasteiger partial charge in [-0.3, -0.25) is 14.0 Å². The molecular formula is C32H42FN3O6. The Morgan fingerprint density at radius 1 is 1.17 bits per heavy atom. The van der Waals surface area contributed by atoms with E-state index in [0.29, 0.717) is 41.1 Å². The molecule has 3 aliphatic rings. The molecule has 0 spiro atoms. The molecule has 1 saturated carbocycles. The Hall–Kier alpha value is -3.30. The summed E-state index contributed by atoms with van der Waals surface area (Å²) in [4.78, 5) is 50.5. The van der Waals surface area contributed by atoms with Crippen LogP contribution in [0.2, 0.25) is 0 Å². The van der Waals surface area contributed by atoms with Gasteiger partial charge in [-0.25, -0.2) is 9.97 Å². The molecule has 1 amide bonds. The molecule has 2 aromatic rings. The van der Waals surface area contributed by atoms with Crippen molar-refractivity contribution >= 4 is 29.2 Å². The minimum Gasteiger partial charge on any atom is -0.497 e. The van der Waals surface area contributed by atoms with Crippen LogP contribution in [-0.4, -0.2) is 71.1 Å². The van der Waals surface area contributed by atoms with E-state index in [4.69, 9.17) is 24.2 Å². The van der Waals surface area contributed by atoms with Gasteiger partial charge in [0.1, 0.15) is 29.4 Å². The van der Waals surface area contributed by atoms with E-state index in [1.165, 1.54) is 4.90 Å². The average molecular weight is 584 g/mol. The van der Waals surface area contributed by atoms with Gasteiger partial charge in [0.15, 0.2) is 0 Å². The van der Waals surface area contributed by atoms with E-state index in [1.54, 1.807) is 13.2 Å². The lowest BCUT2D eigenvalue weighted by Gasteiger charge is -2.34. The Morgan fingerprint density at radius 2 is 1.95 bits per heavy atom. The number of esters is 1. The highest BCUT2D eigenvalue weighted by Gasteiger charge is 2.54. The number of aryl methyl sites for hydroxylation is 1. The van der Waals surface area contributed by atoms with Crippen LogP contribution in [0.4, 0.5) is 4.39 Å². The number of alkyl halides is 1. The van der Waals surface area contributed by atoms with Gasteiger partial charge in [0.05, 0.1) is 55.7 Å². The van der Waals surface area contributed by atoms with Crippen LogP contribution < -0.4 is 9.47 Å². The summed E-state index contributed by atoms with van der Waals surface area (Å²) in [6, 6.07) is 4.41. The summed E-state index contributed by atoms with van der Waals surface area (Å²) in [6.07, 6.45) is 4.85. The molecule has 2 aliphatic heterocycles. The predicted octanol–water partition coefficient (Wildman–Crippen LogP) is 4.87. The summed E-state index contributed by atoms with van der Waals surface area (Å²) in [5.41, 5.74) is 0.818. The molecule has 0 unspecified atom stereocenters. The van der Waals surface area contributed by atoms with Gasteiger partial charge in [-0.2, -0.15) is 0 Å². The first kappa shape index (κ1) is 30.2. The normalized spacial score (nSPS) is 30.8. The number of nitrogens with zero attached hydrogens (tertiary/aromatic N) is 3. The van der Waals surface area contributed by atoms with Crippen molar-refractivity contribution in [3.63, 3.8) is 0 Å². The lowest BCUT2D eigenvalue weighted by Crippen LogP contribution is -2.46. The number of methoxy groups -OCH3 is 1. The van der Waals surface area contributed by atoms with Gasteiger partial charge in [-0.05, 0) is 50.2 Å². The Morgan fingerprint density at radius 3 is 2.64 bits per heavy atom. The third kappa shape index (κ3) is 6.08. The molecule has 42 heavy (non-hydrogen) atoms. The minimum atomic E-state index is -1.03. The maximum atomic E-state index is 14.6. The van der Waals surface area contributed by atoms with Crippen LogP contribution in [0, 0.1) is 23.2 Å². The monoisotopic (exact) mass is 583 g/mol. The topological polar surface area (TPSA) is 108 Å². The van der Waals surface area contributed by atoms with E-state index >= 15 is 0 Å². The van der Waals surface area contributed by atoms with Crippen LogP contribution in [0.1, 0.15) is 71.9 Å². The minimum absolute atomic E-state index is 0.00445. The van der Waals surface area contributed by atoms with Crippen LogP contribution in [0.25, 0.3) is 11.0 Å². The zero-order valence-electron chi connectivity index (χ0n) is 25.2. The first-order valence-electron chi connectivity index (χ1n) is 15.0. The summed E-state index contributed by atoms with van der Waals surface area (Å²) in [5.74, 6) is -1.24. The molecule has 5 rings (SSSR count). The number of halogens is 1. The van der Waals surface area contributed by atoms with E-state index in [-0.39, 0.29) is 24.8 Å². The van der Waals surface area contributed by atoms with E-state index in [0.717, 1.165) is 32.1 Å². The van der Waals surface area contributed by atoms with Crippen molar-refractivity contribution < 1.29 is 33.0 Å². The van der Waals surface area contributed by atoms with Gasteiger partial charge in [-0.1, -0.05) is 33.6 Å². The number of amides is 1. The molecule has 1 aromatic heterocycles. The Bertz CT molecular complexity index is 1350. The number of rotatable bonds is 3. The Balaban J connectivity index is 1.52. The quantitative estimate of drug-likeness (QED) is 0.372. The maximum absolute atomic E-state index is 14.6. The fourth-order valence-electron chi connectivity index (χ4n) is 6.47. The SMILES string of the molecule is COc1ccc2nc3c(nc2c1)O[C@H]1CN(C(=O)[C@H](C(C)(C)C)CC(=O)O[C@]2(C)C[C@H]2CCCCC3)[C@H](C=O)[C@@H]1CF. The van der Waals surface area contributed by atoms with Crippen molar-refractivity contribution in [2.45, 2.75) is 90.4 Å². The zero-order valence-corrected chi connectivity index (χ0v) is 25.2. The van der Waals surface area contributed by atoms with Crippen molar-refractivity contribution in [3.05, 3.63) is 23.9 Å². The first-order chi connectivity index (χ1) is 20.0. The van der Waals surface area contributed by atoms with E-state index in [1.807, 2.05) is 39.8 Å². The predicted molar refractivity (Wildman–Crippen MR) is 154 cm³/mol. The fourth-order valence-corrected chi connectivity index (χ4v) is 6.47. The summed E-state index contributed by atoms with van der Waals surface area (Å²) in [7, 11) is 1.57. The highest BCUT2D eigenvalue weighted by Crippen LogP contribution is 2.50. The number of carbonyl (C=O) groups is 3. The molecule has 3 heterocycles. The van der Waals surface area contributed by atoms with E-state index in [2.05, 4.69) is 0 Å². The maximum Gasteiger partial charge on any atom is 0.307 e. The van der Waals surface area contributed by atoms with E-state index < -0.39 is 47.6 Å². The zero-order chi connectivity index (χ0) is 30.2. The number of ether oxygens (including phenoxy) is 3. The number of fused-ring (bicyclic) bond motifs is 5. The number of hydrogen-bond acceptors (Lipinski definition) is 8. The van der Waals surface area contributed by atoms with Gasteiger partial charge in [-0.15, -0.1) is 0 Å². The Labute approximate surface area is 246 Å². The number of aldehydes is 1. The highest BCUT2D eigenvalue weighted by molar-refractivity contribution is 5.87. The number of hydrogen-bond donors (Lipinski definition) is 0. The van der Waals surface area contributed by atoms with Crippen molar-refractivity contribution in [3.8, 4) is 11.6 Å². The largest absolute Gasteiger partial charge is 0.497 e. The van der Waals surface area contributed by atoms with Crippen molar-refractivity contribution in [1.82, 2.24) is 14.9 Å². The van der Waals surface area contributed by atoms with Crippen LogP contribution in [0.5, 0.6) is 11.6 Å². The third-order valence-corrected chi connectivity index (χ3v) is 9.31. The molecule has 1 aromatic carbocycles. The molecular weight excluding hydrogens is 541 g/mol. The molecule has 1 aliphatic carbocycles. The summed E-state index contributed by atoms with van der Waals surface area (Å²) < 4.78 is 32.2. The molecule has 6 atom stereocenters. The summed E-state index contributed by atoms with van der Waals surface area (Å²) >= 11 is 0. The highest BCUT2D eigenvalue weighted by atomic mass is 19.1. The van der Waals surface area contributed by atoms with Gasteiger partial charge < -0.3 is 23.9 Å². The third-order valence-electron chi connectivity index (χ3n) is 9.31. The second-order valence-electron chi connectivity index (χ2n) is 13.3. The molecule has 0 N–H and O–H groups in total. The number of benzene rings is 1. The van der Waals surface area contributed by atoms with Crippen molar-refractivity contribution in [1.29, 1.82) is 0 Å². The van der Waals surface area contributed by atoms with E-state index in [9.17, 15) is 18.8 Å². The van der Waals surface area contributed by atoms with Gasteiger partial charge in [0.25, 0.3) is 0 Å². The van der Waals surface area contributed by atoms with Gasteiger partial charge in [0, 0.05) is 12.0 Å². The van der Waals surface area contributed by atoms with Crippen molar-refractivity contribution in [2.75, 3.05) is 20.3 Å². The molecule has 1 saturated heterocycles. The number of carbonyl (C=O) groups excluding carboxylic acids is 3. The van der Waals surface area contributed by atoms with Crippen LogP contribution in [0.15, 0.2) is 18.2 Å². The standard InChI is InChI=1S/C32H42FN3O6/c1-31(2,3)22-14-28(38)42-32(4)15-19(32)9-7-6-8-10-24-29(35-25-13-20(40-5)11-12-23(25)34-24)41-27-17-36(30(22)39)26(18-37)21(27)16-33/h11-13,18-19,21-22,26-27H,6-10,14-17H2,1-5H3/t19-,21+,22-,26-,27+,32-/m1/s1. The average Bonchev–Trinajstić information content (AvgIpc) is 3.43. The lowest BCUT2D eigenvalue weighted by molar-refractivity contribution is -0.158. The molecule has 2 fully saturated rings. The van der Waals surface area contributed by atoms with Crippen molar-refractivity contribution in [2.24, 2.45) is 23.2 Å². The first-order valence-corrected chi connectivity index (χ1v) is 15.0. The molecule has 10 heteroatoms. The lowest BCUT2D eigenvalue weighted by atomic mass is 9.77. The molecule has 2 bridgehead atoms. The van der Waals surface area contributed by atoms with Gasteiger partial charge in [0.2, 0.25) is 11.8 Å². The number of aromatic nitrogens is 2. The summed E-state index contributed by atoms with van der Waals surface area (Å²) in [5, 5.41) is 0. The smallest absolute Gasteiger partial charge is 0.307 e. The molecule has 9 nitrogen and oxygen atoms in total.